The van der Waals surface area contributed by atoms with Gasteiger partial charge in [-0.15, -0.1) is 0 Å². The Labute approximate surface area is 190 Å². The maximum absolute atomic E-state index is 12.6. The number of anilines is 1. The summed E-state index contributed by atoms with van der Waals surface area (Å²) in [4.78, 5) is 3.68. The molecule has 0 bridgehead atoms. The molecule has 0 saturated carbocycles. The normalized spacial score (nSPS) is 11.5. The Kier molecular flexibility index (Phi) is 7.40. The van der Waals surface area contributed by atoms with Gasteiger partial charge in [-0.05, 0) is 47.5 Å². The molecule has 0 aliphatic carbocycles. The van der Waals surface area contributed by atoms with Crippen molar-refractivity contribution in [3.05, 3.63) is 80.9 Å². The minimum Gasteiger partial charge on any atom is -0.493 e. The van der Waals surface area contributed by atoms with Crippen LogP contribution in [0.3, 0.4) is 0 Å². The van der Waals surface area contributed by atoms with Gasteiger partial charge in [0.25, 0.3) is 0 Å². The average molecular weight is 515 g/mol. The molecule has 0 saturated heterocycles. The van der Waals surface area contributed by atoms with Crippen LogP contribution in [0.5, 0.6) is 11.5 Å². The molecule has 1 aromatic heterocycles. The first-order valence-electron chi connectivity index (χ1n) is 8.83. The summed E-state index contributed by atoms with van der Waals surface area (Å²) in [5.74, 6) is 0.970. The number of rotatable bonds is 7. The highest BCUT2D eigenvalue weighted by atomic mass is 79.9. The van der Waals surface area contributed by atoms with E-state index >= 15 is 0 Å². The molecule has 0 aliphatic heterocycles. The number of alkyl halides is 3. The molecule has 0 amide bonds. The first-order chi connectivity index (χ1) is 14.8. The van der Waals surface area contributed by atoms with E-state index in [0.29, 0.717) is 28.7 Å². The molecule has 1 N–H and O–H groups in total. The highest BCUT2D eigenvalue weighted by Crippen LogP contribution is 2.36. The minimum absolute atomic E-state index is 0.164. The molecule has 3 aromatic rings. The van der Waals surface area contributed by atoms with Crippen LogP contribution in [0, 0.1) is 0 Å². The van der Waals surface area contributed by atoms with E-state index in [4.69, 9.17) is 21.1 Å². The summed E-state index contributed by atoms with van der Waals surface area (Å²) in [5, 5.41) is 4.30. The molecule has 0 spiro atoms. The Morgan fingerprint density at radius 1 is 1.16 bits per heavy atom. The first kappa shape index (κ1) is 22.9. The minimum atomic E-state index is -4.44. The average Bonchev–Trinajstić information content (AvgIpc) is 2.73. The van der Waals surface area contributed by atoms with Crippen LogP contribution in [0.1, 0.15) is 16.7 Å². The molecule has 5 nitrogen and oxygen atoms in total. The second-order valence-electron chi connectivity index (χ2n) is 6.25. The van der Waals surface area contributed by atoms with Crippen molar-refractivity contribution < 1.29 is 22.6 Å². The standard InChI is InChI=1S/C21H16BrClF3N3O2/c1-30-18-9-14(10-28-29-19-7-4-15(11-27-19)21(24,25)26)8-17(23)20(18)31-12-13-2-5-16(22)6-3-13/h2-11H,12H2,1H3,(H,27,29)/b28-10-. The molecule has 10 heteroatoms. The van der Waals surface area contributed by atoms with Crippen molar-refractivity contribution in [1.82, 2.24) is 4.98 Å². The molecule has 3 rings (SSSR count). The van der Waals surface area contributed by atoms with Gasteiger partial charge in [-0.1, -0.05) is 39.7 Å². The summed E-state index contributed by atoms with van der Waals surface area (Å²) < 4.78 is 49.9. The lowest BCUT2D eigenvalue weighted by atomic mass is 10.2. The third-order valence-electron chi connectivity index (χ3n) is 4.03. The SMILES string of the molecule is COc1cc(/C=N\Nc2ccc(C(F)(F)F)cn2)cc(Cl)c1OCc1ccc(Br)cc1. The van der Waals surface area contributed by atoms with Gasteiger partial charge in [0.05, 0.1) is 23.9 Å². The van der Waals surface area contributed by atoms with Crippen molar-refractivity contribution in [2.45, 2.75) is 12.8 Å². The van der Waals surface area contributed by atoms with E-state index in [1.807, 2.05) is 24.3 Å². The third-order valence-corrected chi connectivity index (χ3v) is 4.84. The highest BCUT2D eigenvalue weighted by Gasteiger charge is 2.30. The topological polar surface area (TPSA) is 55.7 Å². The largest absolute Gasteiger partial charge is 0.493 e. The van der Waals surface area contributed by atoms with E-state index in [9.17, 15) is 13.2 Å². The van der Waals surface area contributed by atoms with Crippen molar-refractivity contribution >= 4 is 39.6 Å². The lowest BCUT2D eigenvalue weighted by Gasteiger charge is -2.13. The van der Waals surface area contributed by atoms with Gasteiger partial charge in [0.1, 0.15) is 12.4 Å². The van der Waals surface area contributed by atoms with Gasteiger partial charge in [-0.2, -0.15) is 18.3 Å². The van der Waals surface area contributed by atoms with Gasteiger partial charge in [0, 0.05) is 10.7 Å². The number of pyridine rings is 1. The number of hydrazone groups is 1. The van der Waals surface area contributed by atoms with Gasteiger partial charge in [-0.25, -0.2) is 4.98 Å². The molecular weight excluding hydrogens is 499 g/mol. The zero-order valence-corrected chi connectivity index (χ0v) is 18.4. The molecule has 162 valence electrons. The van der Waals surface area contributed by atoms with Crippen LogP contribution in [-0.2, 0) is 12.8 Å². The summed E-state index contributed by atoms with van der Waals surface area (Å²) in [6, 6.07) is 13.1. The van der Waals surface area contributed by atoms with Crippen molar-refractivity contribution in [2.24, 2.45) is 5.10 Å². The smallest absolute Gasteiger partial charge is 0.417 e. The second-order valence-corrected chi connectivity index (χ2v) is 7.57. The van der Waals surface area contributed by atoms with Gasteiger partial charge in [0.2, 0.25) is 0 Å². The number of nitrogens with one attached hydrogen (secondary N) is 1. The molecule has 1 heterocycles. The number of aromatic nitrogens is 1. The fourth-order valence-corrected chi connectivity index (χ4v) is 3.03. The Hall–Kier alpha value is -2.78. The molecule has 0 aliphatic rings. The van der Waals surface area contributed by atoms with E-state index < -0.39 is 11.7 Å². The van der Waals surface area contributed by atoms with Gasteiger partial charge in [-0.3, -0.25) is 5.43 Å². The summed E-state index contributed by atoms with van der Waals surface area (Å²) in [6.07, 6.45) is -2.27. The summed E-state index contributed by atoms with van der Waals surface area (Å²) in [7, 11) is 1.49. The van der Waals surface area contributed by atoms with Crippen molar-refractivity contribution in [3.63, 3.8) is 0 Å². The fraction of sp³-hybridized carbons (Fsp3) is 0.143. The van der Waals surface area contributed by atoms with Crippen LogP contribution in [0.15, 0.2) is 64.3 Å². The Balaban J connectivity index is 1.68. The summed E-state index contributed by atoms with van der Waals surface area (Å²) >= 11 is 9.73. The molecular formula is C21H16BrClF3N3O2. The molecule has 0 unspecified atom stereocenters. The molecule has 0 radical (unpaired) electrons. The zero-order chi connectivity index (χ0) is 22.4. The van der Waals surface area contributed by atoms with Crippen LogP contribution in [0.4, 0.5) is 19.0 Å². The van der Waals surface area contributed by atoms with Crippen molar-refractivity contribution in [1.29, 1.82) is 0 Å². The number of methoxy groups -OCH3 is 1. The van der Waals surface area contributed by atoms with Gasteiger partial charge in [0.15, 0.2) is 11.5 Å². The maximum Gasteiger partial charge on any atom is 0.417 e. The summed E-state index contributed by atoms with van der Waals surface area (Å²) in [6.45, 7) is 0.304. The quantitative estimate of drug-likeness (QED) is 0.287. The molecule has 31 heavy (non-hydrogen) atoms. The Bertz CT molecular complexity index is 1060. The van der Waals surface area contributed by atoms with E-state index in [0.717, 1.165) is 22.3 Å². The van der Waals surface area contributed by atoms with Crippen molar-refractivity contribution in [2.75, 3.05) is 12.5 Å². The van der Waals surface area contributed by atoms with Crippen molar-refractivity contribution in [3.8, 4) is 11.5 Å². The van der Waals surface area contributed by atoms with Crippen LogP contribution in [0.25, 0.3) is 0 Å². The van der Waals surface area contributed by atoms with Gasteiger partial charge < -0.3 is 9.47 Å². The molecule has 0 atom stereocenters. The predicted octanol–water partition coefficient (Wildman–Crippen LogP) is 6.55. The summed E-state index contributed by atoms with van der Waals surface area (Å²) in [5.41, 5.74) is 3.28. The number of hydrogen-bond donors (Lipinski definition) is 1. The number of hydrogen-bond acceptors (Lipinski definition) is 5. The van der Waals surface area contributed by atoms with E-state index in [1.54, 1.807) is 12.1 Å². The lowest BCUT2D eigenvalue weighted by molar-refractivity contribution is -0.137. The van der Waals surface area contributed by atoms with Crippen LogP contribution in [-0.4, -0.2) is 18.3 Å². The zero-order valence-electron chi connectivity index (χ0n) is 16.1. The van der Waals surface area contributed by atoms with Crippen LogP contribution in [0.2, 0.25) is 5.02 Å². The monoisotopic (exact) mass is 513 g/mol. The fourth-order valence-electron chi connectivity index (χ4n) is 2.49. The van der Waals surface area contributed by atoms with Crippen LogP contribution >= 0.6 is 27.5 Å². The first-order valence-corrected chi connectivity index (χ1v) is 10.0. The van der Waals surface area contributed by atoms with E-state index in [2.05, 4.69) is 31.4 Å². The second kappa shape index (κ2) is 10.0. The maximum atomic E-state index is 12.6. The third kappa shape index (κ3) is 6.35. The number of benzene rings is 2. The molecule has 0 fully saturated rings. The highest BCUT2D eigenvalue weighted by molar-refractivity contribution is 9.10. The van der Waals surface area contributed by atoms with Crippen LogP contribution < -0.4 is 14.9 Å². The number of halogens is 5. The lowest BCUT2D eigenvalue weighted by Crippen LogP contribution is -2.05. The molecule has 2 aromatic carbocycles. The Morgan fingerprint density at radius 2 is 1.90 bits per heavy atom. The number of ether oxygens (including phenoxy) is 2. The predicted molar refractivity (Wildman–Crippen MR) is 117 cm³/mol. The van der Waals surface area contributed by atoms with Gasteiger partial charge >= 0.3 is 6.18 Å². The van der Waals surface area contributed by atoms with E-state index in [-0.39, 0.29) is 5.82 Å². The van der Waals surface area contributed by atoms with E-state index in [1.165, 1.54) is 19.4 Å². The number of nitrogens with zero attached hydrogens (tertiary/aromatic N) is 2. The Morgan fingerprint density at radius 3 is 2.52 bits per heavy atom.